The van der Waals surface area contributed by atoms with Crippen molar-refractivity contribution in [3.05, 3.63) is 0 Å². The molecule has 0 aromatic heterocycles. The highest BCUT2D eigenvalue weighted by atomic mass is 16.5. The Morgan fingerprint density at radius 2 is 2.00 bits per heavy atom. The van der Waals surface area contributed by atoms with Gasteiger partial charge in [-0.05, 0) is 12.8 Å². The van der Waals surface area contributed by atoms with Crippen molar-refractivity contribution in [3.63, 3.8) is 0 Å². The van der Waals surface area contributed by atoms with Crippen LogP contribution in [0.5, 0.6) is 0 Å². The van der Waals surface area contributed by atoms with Crippen LogP contribution in [0, 0.1) is 5.92 Å². The number of esters is 2. The third-order valence-corrected chi connectivity index (χ3v) is 2.15. The van der Waals surface area contributed by atoms with E-state index >= 15 is 0 Å². The van der Waals surface area contributed by atoms with Crippen LogP contribution in [-0.4, -0.2) is 25.7 Å². The van der Waals surface area contributed by atoms with E-state index < -0.39 is 0 Å². The van der Waals surface area contributed by atoms with Gasteiger partial charge in [0.1, 0.15) is 0 Å². The molecule has 4 nitrogen and oxygen atoms in total. The highest BCUT2D eigenvalue weighted by Gasteiger charge is 2.15. The van der Waals surface area contributed by atoms with Crippen molar-refractivity contribution >= 4 is 11.9 Å². The van der Waals surface area contributed by atoms with Crippen molar-refractivity contribution < 1.29 is 19.1 Å². The van der Waals surface area contributed by atoms with Crippen molar-refractivity contribution in [1.29, 1.82) is 0 Å². The molecule has 0 radical (unpaired) electrons. The fourth-order valence-corrected chi connectivity index (χ4v) is 1.01. The van der Waals surface area contributed by atoms with Gasteiger partial charge in [0.2, 0.25) is 0 Å². The van der Waals surface area contributed by atoms with Gasteiger partial charge in [-0.1, -0.05) is 20.3 Å². The third-order valence-electron chi connectivity index (χ3n) is 2.15. The Morgan fingerprint density at radius 3 is 2.53 bits per heavy atom. The average Bonchev–Trinajstić information content (AvgIpc) is 2.25. The lowest BCUT2D eigenvalue weighted by molar-refractivity contribution is -0.149. The van der Waals surface area contributed by atoms with Gasteiger partial charge >= 0.3 is 11.9 Å². The van der Waals surface area contributed by atoms with Gasteiger partial charge in [-0.2, -0.15) is 0 Å². The molecule has 1 atom stereocenters. The maximum Gasteiger partial charge on any atom is 0.308 e. The van der Waals surface area contributed by atoms with E-state index in [0.717, 1.165) is 12.8 Å². The monoisotopic (exact) mass is 216 g/mol. The van der Waals surface area contributed by atoms with Gasteiger partial charge in [0.15, 0.2) is 0 Å². The van der Waals surface area contributed by atoms with E-state index in [2.05, 4.69) is 4.74 Å². The van der Waals surface area contributed by atoms with E-state index in [1.54, 1.807) is 6.92 Å². The molecule has 0 N–H and O–H groups in total. The van der Waals surface area contributed by atoms with Gasteiger partial charge in [0.05, 0.1) is 19.6 Å². The lowest BCUT2D eigenvalue weighted by Gasteiger charge is -2.10. The largest absolute Gasteiger partial charge is 0.469 e. The standard InChI is InChI=1S/C11H20O4/c1-4-5-8-15-11(13)9(2)6-7-10(12)14-3/h9H,4-8H2,1-3H3. The fraction of sp³-hybridized carbons (Fsp3) is 0.818. The predicted molar refractivity (Wildman–Crippen MR) is 56.3 cm³/mol. The molecule has 88 valence electrons. The minimum atomic E-state index is -0.289. The molecule has 4 heteroatoms. The van der Waals surface area contributed by atoms with Gasteiger partial charge in [-0.15, -0.1) is 0 Å². The highest BCUT2D eigenvalue weighted by molar-refractivity contribution is 5.74. The number of hydrogen-bond acceptors (Lipinski definition) is 4. The molecule has 0 aliphatic carbocycles. The molecule has 0 saturated carbocycles. The van der Waals surface area contributed by atoms with Crippen LogP contribution >= 0.6 is 0 Å². The maximum absolute atomic E-state index is 11.3. The number of carbonyl (C=O) groups excluding carboxylic acids is 2. The number of ether oxygens (including phenoxy) is 2. The second-order valence-electron chi connectivity index (χ2n) is 3.54. The molecule has 0 amide bonds. The summed E-state index contributed by atoms with van der Waals surface area (Å²) in [7, 11) is 1.34. The molecule has 0 saturated heterocycles. The Kier molecular flexibility index (Phi) is 7.68. The first-order valence-electron chi connectivity index (χ1n) is 5.35. The van der Waals surface area contributed by atoms with Crippen LogP contribution in [0.25, 0.3) is 0 Å². The summed E-state index contributed by atoms with van der Waals surface area (Å²) in [5.41, 5.74) is 0. The summed E-state index contributed by atoms with van der Waals surface area (Å²) in [6.07, 6.45) is 2.64. The summed E-state index contributed by atoms with van der Waals surface area (Å²) in [6, 6.07) is 0. The van der Waals surface area contributed by atoms with Gasteiger partial charge in [-0.25, -0.2) is 0 Å². The Hall–Kier alpha value is -1.06. The zero-order chi connectivity index (χ0) is 11.7. The molecule has 0 bridgehead atoms. The average molecular weight is 216 g/mol. The second-order valence-corrected chi connectivity index (χ2v) is 3.54. The topological polar surface area (TPSA) is 52.6 Å². The molecule has 15 heavy (non-hydrogen) atoms. The van der Waals surface area contributed by atoms with Gasteiger partial charge < -0.3 is 9.47 Å². The predicted octanol–water partition coefficient (Wildman–Crippen LogP) is 1.92. The third kappa shape index (κ3) is 6.94. The maximum atomic E-state index is 11.3. The van der Waals surface area contributed by atoms with Crippen molar-refractivity contribution in [2.75, 3.05) is 13.7 Å². The van der Waals surface area contributed by atoms with Crippen LogP contribution in [0.1, 0.15) is 39.5 Å². The van der Waals surface area contributed by atoms with E-state index in [-0.39, 0.29) is 24.3 Å². The fourth-order valence-electron chi connectivity index (χ4n) is 1.01. The van der Waals surface area contributed by atoms with E-state index in [1.807, 2.05) is 6.92 Å². The smallest absolute Gasteiger partial charge is 0.308 e. The lowest BCUT2D eigenvalue weighted by atomic mass is 10.1. The van der Waals surface area contributed by atoms with Crippen molar-refractivity contribution in [3.8, 4) is 0 Å². The summed E-state index contributed by atoms with van der Waals surface area (Å²) in [5.74, 6) is -0.753. The van der Waals surface area contributed by atoms with Crippen LogP contribution in [0.15, 0.2) is 0 Å². The Bertz CT molecular complexity index is 201. The molecule has 0 heterocycles. The van der Waals surface area contributed by atoms with E-state index in [1.165, 1.54) is 7.11 Å². The molecule has 0 spiro atoms. The Morgan fingerprint density at radius 1 is 1.33 bits per heavy atom. The van der Waals surface area contributed by atoms with Crippen molar-refractivity contribution in [2.24, 2.45) is 5.92 Å². The SMILES string of the molecule is CCCCOC(=O)C(C)CCC(=O)OC. The Balaban J connectivity index is 3.64. The molecular weight excluding hydrogens is 196 g/mol. The zero-order valence-electron chi connectivity index (χ0n) is 9.75. The first-order valence-corrected chi connectivity index (χ1v) is 5.35. The van der Waals surface area contributed by atoms with Gasteiger partial charge in [-0.3, -0.25) is 9.59 Å². The molecular formula is C11H20O4. The minimum Gasteiger partial charge on any atom is -0.469 e. The minimum absolute atomic E-state index is 0.229. The molecule has 0 aromatic rings. The summed E-state index contributed by atoms with van der Waals surface area (Å²) >= 11 is 0. The highest BCUT2D eigenvalue weighted by Crippen LogP contribution is 2.08. The molecule has 0 aliphatic heterocycles. The van der Waals surface area contributed by atoms with Crippen molar-refractivity contribution in [2.45, 2.75) is 39.5 Å². The summed E-state index contributed by atoms with van der Waals surface area (Å²) in [4.78, 5) is 22.2. The summed E-state index contributed by atoms with van der Waals surface area (Å²) in [5, 5.41) is 0. The van der Waals surface area contributed by atoms with E-state index in [9.17, 15) is 9.59 Å². The van der Waals surface area contributed by atoms with E-state index in [0.29, 0.717) is 13.0 Å². The Labute approximate surface area is 90.9 Å². The lowest BCUT2D eigenvalue weighted by Crippen LogP contribution is -2.17. The number of unbranched alkanes of at least 4 members (excludes halogenated alkanes) is 1. The van der Waals surface area contributed by atoms with Crippen LogP contribution in [0.3, 0.4) is 0 Å². The second kappa shape index (κ2) is 8.26. The molecule has 1 unspecified atom stereocenters. The zero-order valence-corrected chi connectivity index (χ0v) is 9.75. The van der Waals surface area contributed by atoms with E-state index in [4.69, 9.17) is 4.74 Å². The van der Waals surface area contributed by atoms with Crippen LogP contribution in [0.4, 0.5) is 0 Å². The normalized spacial score (nSPS) is 11.9. The van der Waals surface area contributed by atoms with Gasteiger partial charge in [0, 0.05) is 6.42 Å². The van der Waals surface area contributed by atoms with Gasteiger partial charge in [0.25, 0.3) is 0 Å². The molecule has 0 aliphatic rings. The quantitative estimate of drug-likeness (QED) is 0.482. The summed E-state index contributed by atoms with van der Waals surface area (Å²) in [6.45, 7) is 4.27. The van der Waals surface area contributed by atoms with Crippen LogP contribution in [0.2, 0.25) is 0 Å². The summed E-state index contributed by atoms with van der Waals surface area (Å²) < 4.78 is 9.51. The number of methoxy groups -OCH3 is 1. The van der Waals surface area contributed by atoms with Crippen LogP contribution < -0.4 is 0 Å². The molecule has 0 aromatic carbocycles. The molecule has 0 fully saturated rings. The first kappa shape index (κ1) is 13.9. The van der Waals surface area contributed by atoms with Crippen molar-refractivity contribution in [1.82, 2.24) is 0 Å². The number of hydrogen-bond donors (Lipinski definition) is 0. The first-order chi connectivity index (χ1) is 7.11. The van der Waals surface area contributed by atoms with Crippen LogP contribution in [-0.2, 0) is 19.1 Å². The molecule has 0 rings (SSSR count). The number of rotatable bonds is 7. The number of carbonyl (C=O) groups is 2.